The zero-order chi connectivity index (χ0) is 11.1. The first-order valence-corrected chi connectivity index (χ1v) is 4.34. The molecule has 0 aliphatic rings. The minimum Gasteiger partial charge on any atom is -0.480 e. The van der Waals surface area contributed by atoms with Crippen LogP contribution in [0.3, 0.4) is 0 Å². The second-order valence-corrected chi connectivity index (χ2v) is 3.03. The van der Waals surface area contributed by atoms with Crippen molar-refractivity contribution in [3.63, 3.8) is 0 Å². The predicted molar refractivity (Wildman–Crippen MR) is 66.4 cm³/mol. The number of aliphatic imine (C=N–C) groups is 1. The van der Waals surface area contributed by atoms with Crippen LogP contribution in [-0.4, -0.2) is 35.7 Å². The van der Waals surface area contributed by atoms with E-state index >= 15 is 0 Å². The lowest BCUT2D eigenvalue weighted by molar-refractivity contribution is -0.138. The van der Waals surface area contributed by atoms with Crippen LogP contribution < -0.4 is 11.5 Å². The summed E-state index contributed by atoms with van der Waals surface area (Å²) < 4.78 is 12.7. The summed E-state index contributed by atoms with van der Waals surface area (Å²) in [4.78, 5) is 14.3. The molecule has 98 valence electrons. The average molecular weight is 278 g/mol. The van der Waals surface area contributed by atoms with Gasteiger partial charge in [0.1, 0.15) is 12.2 Å². The molecule has 2 unspecified atom stereocenters. The summed E-state index contributed by atoms with van der Waals surface area (Å²) in [6.07, 6.45) is -0.975. The number of nitrogens with two attached hydrogens (primary N) is 2. The Labute approximate surface area is 106 Å². The molecule has 8 heteroatoms. The van der Waals surface area contributed by atoms with E-state index in [0.717, 1.165) is 0 Å². The molecule has 0 saturated carbocycles. The van der Waals surface area contributed by atoms with Crippen LogP contribution in [0.1, 0.15) is 19.8 Å². The van der Waals surface area contributed by atoms with Gasteiger partial charge in [-0.1, -0.05) is 0 Å². The first-order chi connectivity index (χ1) is 6.47. The van der Waals surface area contributed by atoms with Crippen molar-refractivity contribution >= 4 is 36.6 Å². The van der Waals surface area contributed by atoms with Crippen LogP contribution in [0.15, 0.2) is 4.99 Å². The largest absolute Gasteiger partial charge is 0.480 e. The van der Waals surface area contributed by atoms with Crippen molar-refractivity contribution in [2.45, 2.75) is 32.0 Å². The van der Waals surface area contributed by atoms with E-state index in [4.69, 9.17) is 16.6 Å². The summed E-state index contributed by atoms with van der Waals surface area (Å²) in [5, 5.41) is 8.69. The van der Waals surface area contributed by atoms with E-state index in [2.05, 4.69) is 4.99 Å². The van der Waals surface area contributed by atoms with Crippen LogP contribution in [0.25, 0.3) is 0 Å². The van der Waals surface area contributed by atoms with E-state index in [9.17, 15) is 9.18 Å². The minimum absolute atomic E-state index is 0. The fourth-order valence-electron chi connectivity index (χ4n) is 0.946. The van der Waals surface area contributed by atoms with E-state index in [1.54, 1.807) is 0 Å². The van der Waals surface area contributed by atoms with Crippen LogP contribution in [-0.2, 0) is 4.79 Å². The van der Waals surface area contributed by atoms with Crippen molar-refractivity contribution in [1.29, 1.82) is 0 Å². The standard InChI is InChI=1S/C8H16FN3O2.2ClH/c1-5(11)12-7(8(13)14)3-2-6(9)4-10;;/h6-7H,2-4,10H2,1H3,(H2,11,12)(H,13,14);2*1H. The molecule has 0 spiro atoms. The van der Waals surface area contributed by atoms with Gasteiger partial charge in [-0.05, 0) is 19.8 Å². The monoisotopic (exact) mass is 277 g/mol. The number of aliphatic carboxylic acids is 1. The highest BCUT2D eigenvalue weighted by Crippen LogP contribution is 2.07. The molecule has 16 heavy (non-hydrogen) atoms. The Morgan fingerprint density at radius 1 is 1.44 bits per heavy atom. The maximum absolute atomic E-state index is 12.7. The lowest BCUT2D eigenvalue weighted by atomic mass is 10.1. The van der Waals surface area contributed by atoms with Crippen LogP contribution in [0.2, 0.25) is 0 Å². The first kappa shape index (κ1) is 20.8. The number of amidine groups is 1. The zero-order valence-electron chi connectivity index (χ0n) is 8.93. The second kappa shape index (κ2) is 10.9. The molecular formula is C8H18Cl2FN3O2. The molecule has 5 nitrogen and oxygen atoms in total. The Morgan fingerprint density at radius 3 is 2.25 bits per heavy atom. The second-order valence-electron chi connectivity index (χ2n) is 3.03. The first-order valence-electron chi connectivity index (χ1n) is 4.34. The quantitative estimate of drug-likeness (QED) is 0.492. The molecule has 0 rings (SSSR count). The summed E-state index contributed by atoms with van der Waals surface area (Å²) >= 11 is 0. The number of carboxylic acids is 1. The zero-order valence-corrected chi connectivity index (χ0v) is 10.6. The molecule has 0 aliphatic heterocycles. The highest BCUT2D eigenvalue weighted by molar-refractivity contribution is 5.85. The number of alkyl halides is 1. The number of hydrogen-bond donors (Lipinski definition) is 3. The lowest BCUT2D eigenvalue weighted by Gasteiger charge is -2.09. The third-order valence-electron chi connectivity index (χ3n) is 1.65. The molecule has 0 heterocycles. The van der Waals surface area contributed by atoms with Crippen LogP contribution >= 0.6 is 24.8 Å². The van der Waals surface area contributed by atoms with Crippen LogP contribution in [0.4, 0.5) is 4.39 Å². The molecular weight excluding hydrogens is 260 g/mol. The van der Waals surface area contributed by atoms with Gasteiger partial charge in [-0.3, -0.25) is 4.99 Å². The van der Waals surface area contributed by atoms with Gasteiger partial charge >= 0.3 is 5.97 Å². The topological polar surface area (TPSA) is 102 Å². The Kier molecular flexibility index (Phi) is 14.2. The Hall–Kier alpha value is -0.590. The molecule has 0 aromatic carbocycles. The summed E-state index contributed by atoms with van der Waals surface area (Å²) in [5.41, 5.74) is 10.3. The summed E-state index contributed by atoms with van der Waals surface area (Å²) in [5.74, 6) is -0.917. The number of rotatable bonds is 6. The van der Waals surface area contributed by atoms with Gasteiger partial charge in [-0.2, -0.15) is 0 Å². The van der Waals surface area contributed by atoms with Crippen molar-refractivity contribution in [1.82, 2.24) is 0 Å². The van der Waals surface area contributed by atoms with E-state index < -0.39 is 18.2 Å². The van der Waals surface area contributed by atoms with Gasteiger partial charge < -0.3 is 16.6 Å². The van der Waals surface area contributed by atoms with Crippen LogP contribution in [0.5, 0.6) is 0 Å². The Balaban J connectivity index is -0.000000845. The van der Waals surface area contributed by atoms with Gasteiger partial charge in [-0.15, -0.1) is 24.8 Å². The highest BCUT2D eigenvalue weighted by Gasteiger charge is 2.17. The normalized spacial score (nSPS) is 14.3. The maximum Gasteiger partial charge on any atom is 0.328 e. The SMILES string of the molecule is CC(N)=NC(CCC(F)CN)C(=O)O.Cl.Cl. The number of carbonyl (C=O) groups is 1. The number of hydrogen-bond acceptors (Lipinski definition) is 3. The van der Waals surface area contributed by atoms with Gasteiger partial charge in [0, 0.05) is 6.54 Å². The van der Waals surface area contributed by atoms with Crippen molar-refractivity contribution < 1.29 is 14.3 Å². The van der Waals surface area contributed by atoms with E-state index in [-0.39, 0.29) is 50.0 Å². The average Bonchev–Trinajstić information content (AvgIpc) is 2.10. The van der Waals surface area contributed by atoms with E-state index in [0.29, 0.717) is 0 Å². The van der Waals surface area contributed by atoms with Gasteiger partial charge in [0.05, 0.1) is 5.84 Å². The van der Waals surface area contributed by atoms with Crippen LogP contribution in [0, 0.1) is 0 Å². The molecule has 2 atom stereocenters. The smallest absolute Gasteiger partial charge is 0.328 e. The van der Waals surface area contributed by atoms with Crippen molar-refractivity contribution in [2.75, 3.05) is 6.54 Å². The fraction of sp³-hybridized carbons (Fsp3) is 0.750. The van der Waals surface area contributed by atoms with Crippen molar-refractivity contribution in [3.05, 3.63) is 0 Å². The molecule has 5 N–H and O–H groups in total. The predicted octanol–water partition coefficient (Wildman–Crippen LogP) is 0.737. The van der Waals surface area contributed by atoms with Gasteiger partial charge in [0.2, 0.25) is 0 Å². The van der Waals surface area contributed by atoms with Crippen molar-refractivity contribution in [2.24, 2.45) is 16.5 Å². The maximum atomic E-state index is 12.7. The number of nitrogens with zero attached hydrogens (tertiary/aromatic N) is 1. The molecule has 0 saturated heterocycles. The number of carboxylic acid groups (broad SMARTS) is 1. The highest BCUT2D eigenvalue weighted by atomic mass is 35.5. The van der Waals surface area contributed by atoms with E-state index in [1.165, 1.54) is 6.92 Å². The summed E-state index contributed by atoms with van der Waals surface area (Å²) in [6, 6.07) is -0.968. The Bertz CT molecular complexity index is 225. The molecule has 0 aromatic heterocycles. The summed E-state index contributed by atoms with van der Waals surface area (Å²) in [6.45, 7) is 1.39. The Morgan fingerprint density at radius 2 is 1.94 bits per heavy atom. The molecule has 0 radical (unpaired) electrons. The minimum atomic E-state index is -1.18. The van der Waals surface area contributed by atoms with Gasteiger partial charge in [-0.25, -0.2) is 9.18 Å². The van der Waals surface area contributed by atoms with Crippen molar-refractivity contribution in [3.8, 4) is 0 Å². The molecule has 0 amide bonds. The fourth-order valence-corrected chi connectivity index (χ4v) is 0.946. The summed E-state index contributed by atoms with van der Waals surface area (Å²) in [7, 11) is 0. The van der Waals surface area contributed by atoms with Gasteiger partial charge in [0.25, 0.3) is 0 Å². The number of halogens is 3. The third-order valence-corrected chi connectivity index (χ3v) is 1.65. The molecule has 0 aromatic rings. The molecule has 0 bridgehead atoms. The third kappa shape index (κ3) is 9.95. The molecule has 0 aliphatic carbocycles. The molecule has 0 fully saturated rings. The van der Waals surface area contributed by atoms with E-state index in [1.807, 2.05) is 0 Å². The lowest BCUT2D eigenvalue weighted by Crippen LogP contribution is -2.24. The van der Waals surface area contributed by atoms with Gasteiger partial charge in [0.15, 0.2) is 0 Å².